The van der Waals surface area contributed by atoms with Gasteiger partial charge in [-0.2, -0.15) is 4.98 Å². The molecular formula is C23H22N6O3. The van der Waals surface area contributed by atoms with Gasteiger partial charge < -0.3 is 19.5 Å². The van der Waals surface area contributed by atoms with Gasteiger partial charge in [-0.15, -0.1) is 0 Å². The molecule has 0 saturated carbocycles. The van der Waals surface area contributed by atoms with Crippen LogP contribution in [0.5, 0.6) is 0 Å². The van der Waals surface area contributed by atoms with Crippen LogP contribution in [0.4, 0.5) is 23.0 Å². The molecule has 2 aromatic carbocycles. The fourth-order valence-corrected chi connectivity index (χ4v) is 4.01. The molecule has 4 aromatic rings. The van der Waals surface area contributed by atoms with E-state index in [1.165, 1.54) is 6.07 Å². The molecule has 2 aromatic heterocycles. The number of non-ortho nitro benzene ring substituents is 1. The van der Waals surface area contributed by atoms with Gasteiger partial charge in [-0.25, -0.2) is 4.98 Å². The van der Waals surface area contributed by atoms with Crippen LogP contribution in [0.2, 0.25) is 0 Å². The second-order valence-corrected chi connectivity index (χ2v) is 7.62. The largest absolute Gasteiger partial charge is 0.378 e. The molecule has 0 unspecified atom stereocenters. The summed E-state index contributed by atoms with van der Waals surface area (Å²) in [4.78, 5) is 22.2. The van der Waals surface area contributed by atoms with Crippen molar-refractivity contribution in [2.45, 2.75) is 6.92 Å². The van der Waals surface area contributed by atoms with E-state index in [9.17, 15) is 10.1 Å². The Balaban J connectivity index is 1.48. The molecule has 0 spiro atoms. The number of hydrogen-bond acceptors (Lipinski definition) is 7. The quantitative estimate of drug-likeness (QED) is 0.374. The van der Waals surface area contributed by atoms with E-state index in [4.69, 9.17) is 9.72 Å². The summed E-state index contributed by atoms with van der Waals surface area (Å²) in [5, 5.41) is 15.3. The summed E-state index contributed by atoms with van der Waals surface area (Å²) in [5.74, 6) is 1.16. The molecule has 162 valence electrons. The Morgan fingerprint density at radius 2 is 1.94 bits per heavy atom. The number of fused-ring (bicyclic) bond motifs is 1. The summed E-state index contributed by atoms with van der Waals surface area (Å²) < 4.78 is 7.40. The number of para-hydroxylation sites is 2. The Labute approximate surface area is 184 Å². The summed E-state index contributed by atoms with van der Waals surface area (Å²) in [6.07, 6.45) is 3.64. The van der Waals surface area contributed by atoms with E-state index in [2.05, 4.69) is 21.3 Å². The van der Waals surface area contributed by atoms with Gasteiger partial charge in [0, 0.05) is 43.0 Å². The third-order valence-electron chi connectivity index (χ3n) is 5.59. The second kappa shape index (κ2) is 8.27. The Hall–Kier alpha value is -3.98. The van der Waals surface area contributed by atoms with Crippen LogP contribution in [0.1, 0.15) is 5.56 Å². The predicted octanol–water partition coefficient (Wildman–Crippen LogP) is 4.22. The number of anilines is 3. The first kappa shape index (κ1) is 20.0. The molecule has 1 N–H and O–H groups in total. The number of nitrogens with zero attached hydrogens (tertiary/aromatic N) is 5. The topological polar surface area (TPSA) is 98.4 Å². The fourth-order valence-electron chi connectivity index (χ4n) is 4.01. The van der Waals surface area contributed by atoms with Crippen LogP contribution in [-0.2, 0) is 4.74 Å². The highest BCUT2D eigenvalue weighted by atomic mass is 16.6. The van der Waals surface area contributed by atoms with Gasteiger partial charge in [-0.1, -0.05) is 12.1 Å². The van der Waals surface area contributed by atoms with Crippen LogP contribution >= 0.6 is 0 Å². The van der Waals surface area contributed by atoms with Crippen LogP contribution in [0, 0.1) is 17.0 Å². The minimum atomic E-state index is -0.380. The molecule has 1 fully saturated rings. The van der Waals surface area contributed by atoms with Crippen molar-refractivity contribution in [3.8, 4) is 5.82 Å². The lowest BCUT2D eigenvalue weighted by molar-refractivity contribution is -0.384. The van der Waals surface area contributed by atoms with Crippen molar-refractivity contribution in [3.05, 3.63) is 76.6 Å². The number of hydrogen-bond donors (Lipinski definition) is 1. The molecule has 0 amide bonds. The summed E-state index contributed by atoms with van der Waals surface area (Å²) in [7, 11) is 0. The van der Waals surface area contributed by atoms with E-state index in [0.717, 1.165) is 40.9 Å². The number of rotatable bonds is 5. The fraction of sp³-hybridized carbons (Fsp3) is 0.217. The van der Waals surface area contributed by atoms with Crippen molar-refractivity contribution >= 4 is 33.9 Å². The number of aromatic nitrogens is 3. The lowest BCUT2D eigenvalue weighted by atomic mass is 10.2. The first-order valence-electron chi connectivity index (χ1n) is 10.4. The van der Waals surface area contributed by atoms with E-state index in [-0.39, 0.29) is 10.6 Å². The first-order valence-corrected chi connectivity index (χ1v) is 10.4. The predicted molar refractivity (Wildman–Crippen MR) is 123 cm³/mol. The zero-order valence-electron chi connectivity index (χ0n) is 17.6. The lowest BCUT2D eigenvalue weighted by Gasteiger charge is -2.30. The van der Waals surface area contributed by atoms with Gasteiger partial charge in [0.05, 0.1) is 35.0 Å². The van der Waals surface area contributed by atoms with E-state index < -0.39 is 0 Å². The Kier molecular flexibility index (Phi) is 5.16. The zero-order valence-corrected chi connectivity index (χ0v) is 17.6. The lowest BCUT2D eigenvalue weighted by Crippen LogP contribution is -2.36. The van der Waals surface area contributed by atoms with Gasteiger partial charge in [-0.3, -0.25) is 10.1 Å². The Bertz CT molecular complexity index is 1300. The van der Waals surface area contributed by atoms with Crippen molar-refractivity contribution in [2.75, 3.05) is 36.5 Å². The Morgan fingerprint density at radius 1 is 1.12 bits per heavy atom. The van der Waals surface area contributed by atoms with E-state index >= 15 is 0 Å². The Morgan fingerprint density at radius 3 is 2.75 bits per heavy atom. The highest BCUT2D eigenvalue weighted by molar-refractivity contribution is 5.87. The van der Waals surface area contributed by atoms with Gasteiger partial charge in [-0.05, 0) is 36.8 Å². The first-order chi connectivity index (χ1) is 15.6. The zero-order chi connectivity index (χ0) is 22.1. The van der Waals surface area contributed by atoms with E-state index in [1.807, 2.05) is 42.0 Å². The summed E-state index contributed by atoms with van der Waals surface area (Å²) >= 11 is 0. The number of morpholine rings is 1. The van der Waals surface area contributed by atoms with Gasteiger partial charge in [0.25, 0.3) is 5.69 Å². The standard InChI is InChI=1S/C23H22N6O3/c1-16-15-28(20-7-6-17(29(30)31)14-18(16)20)22-8-9-24-23(26-22)25-19-4-2-3-5-21(19)27-10-12-32-13-11-27/h2-9,14-15H,10-13H2,1H3,(H,24,25,26). The maximum absolute atomic E-state index is 11.2. The van der Waals surface area contributed by atoms with Crippen molar-refractivity contribution in [1.82, 2.24) is 14.5 Å². The minimum Gasteiger partial charge on any atom is -0.378 e. The molecule has 32 heavy (non-hydrogen) atoms. The molecule has 0 radical (unpaired) electrons. The van der Waals surface area contributed by atoms with Crippen molar-refractivity contribution in [2.24, 2.45) is 0 Å². The highest BCUT2D eigenvalue weighted by Gasteiger charge is 2.16. The third-order valence-corrected chi connectivity index (χ3v) is 5.59. The molecular weight excluding hydrogens is 408 g/mol. The molecule has 3 heterocycles. The van der Waals surface area contributed by atoms with Crippen LogP contribution in [-0.4, -0.2) is 45.8 Å². The summed E-state index contributed by atoms with van der Waals surface area (Å²) in [5.41, 5.74) is 3.87. The van der Waals surface area contributed by atoms with Crippen molar-refractivity contribution in [1.29, 1.82) is 0 Å². The van der Waals surface area contributed by atoms with Crippen molar-refractivity contribution < 1.29 is 9.66 Å². The third kappa shape index (κ3) is 3.74. The molecule has 9 heteroatoms. The molecule has 0 aliphatic carbocycles. The maximum Gasteiger partial charge on any atom is 0.270 e. The number of benzene rings is 2. The monoisotopic (exact) mass is 430 g/mol. The molecule has 0 atom stereocenters. The van der Waals surface area contributed by atoms with Crippen LogP contribution in [0.3, 0.4) is 0 Å². The van der Waals surface area contributed by atoms with Crippen LogP contribution < -0.4 is 10.2 Å². The van der Waals surface area contributed by atoms with Crippen LogP contribution in [0.15, 0.2) is 60.9 Å². The number of aryl methyl sites for hydroxylation is 1. The van der Waals surface area contributed by atoms with E-state index in [0.29, 0.717) is 25.0 Å². The normalized spacial score (nSPS) is 14.0. The average Bonchev–Trinajstić information content (AvgIpc) is 3.16. The molecule has 9 nitrogen and oxygen atoms in total. The molecule has 1 aliphatic rings. The number of nitrogens with one attached hydrogen (secondary N) is 1. The second-order valence-electron chi connectivity index (χ2n) is 7.62. The van der Waals surface area contributed by atoms with Gasteiger partial charge in [0.2, 0.25) is 5.95 Å². The summed E-state index contributed by atoms with van der Waals surface area (Å²) in [6, 6.07) is 14.8. The van der Waals surface area contributed by atoms with Gasteiger partial charge >= 0.3 is 0 Å². The van der Waals surface area contributed by atoms with Crippen molar-refractivity contribution in [3.63, 3.8) is 0 Å². The molecule has 5 rings (SSSR count). The highest BCUT2D eigenvalue weighted by Crippen LogP contribution is 2.30. The SMILES string of the molecule is Cc1cn(-c2ccnc(Nc3ccccc3N3CCOCC3)n2)c2ccc([N+](=O)[O-])cc12. The van der Waals surface area contributed by atoms with Crippen LogP contribution in [0.25, 0.3) is 16.7 Å². The van der Waals surface area contributed by atoms with E-state index in [1.54, 1.807) is 18.3 Å². The molecule has 0 bridgehead atoms. The number of nitro groups is 1. The number of ether oxygens (including phenoxy) is 1. The minimum absolute atomic E-state index is 0.0723. The molecule has 1 saturated heterocycles. The smallest absolute Gasteiger partial charge is 0.270 e. The molecule has 1 aliphatic heterocycles. The maximum atomic E-state index is 11.2. The van der Waals surface area contributed by atoms with Gasteiger partial charge in [0.15, 0.2) is 0 Å². The number of nitro benzene ring substituents is 1. The summed E-state index contributed by atoms with van der Waals surface area (Å²) in [6.45, 7) is 5.01. The van der Waals surface area contributed by atoms with Gasteiger partial charge in [0.1, 0.15) is 5.82 Å². The average molecular weight is 430 g/mol.